The number of hydrogen-bond acceptors (Lipinski definition) is 12. The van der Waals surface area contributed by atoms with Crippen LogP contribution in [0.4, 0.5) is 10.5 Å². The number of amides is 1. The smallest absolute Gasteiger partial charge is 0.416 e. The Hall–Kier alpha value is -6.97. The number of hydrogen-bond donors (Lipinski definition) is 2. The molecule has 6 atom stereocenters. The molecule has 0 bridgehead atoms. The van der Waals surface area contributed by atoms with Gasteiger partial charge in [0, 0.05) is 48.1 Å². The molecule has 1 saturated carbocycles. The van der Waals surface area contributed by atoms with Gasteiger partial charge in [-0.05, 0) is 126 Å². The number of aliphatic hydroxyl groups is 2. The van der Waals surface area contributed by atoms with E-state index in [0.29, 0.717) is 35.8 Å². The number of allylic oxidation sites excluding steroid dienone is 1. The van der Waals surface area contributed by atoms with Crippen molar-refractivity contribution < 1.29 is 43.7 Å². The van der Waals surface area contributed by atoms with E-state index in [1.54, 1.807) is 22.7 Å². The molecule has 2 N–H and O–H groups in total. The topological polar surface area (TPSA) is 162 Å². The van der Waals surface area contributed by atoms with Crippen LogP contribution in [0, 0.1) is 27.9 Å². The van der Waals surface area contributed by atoms with Gasteiger partial charge >= 0.3 is 6.09 Å². The molecule has 1 heterocycles. The first-order chi connectivity index (χ1) is 35.7. The number of thioether (sulfide) groups is 1. The summed E-state index contributed by atoms with van der Waals surface area (Å²) in [5.74, 6) is -0.568. The second-order valence-corrected chi connectivity index (χ2v) is 19.6. The molecule has 0 radical (unpaired) electrons. The van der Waals surface area contributed by atoms with Crippen molar-refractivity contribution in [3.8, 4) is 23.0 Å². The van der Waals surface area contributed by atoms with Crippen LogP contribution in [0.2, 0.25) is 0 Å². The fourth-order valence-corrected chi connectivity index (χ4v) is 11.4. The minimum atomic E-state index is -1.60. The lowest BCUT2D eigenvalue weighted by atomic mass is 9.55. The number of aliphatic hydroxyl groups excluding tert-OH is 2. The third kappa shape index (κ3) is 11.3. The lowest BCUT2D eigenvalue weighted by Gasteiger charge is -2.59. The van der Waals surface area contributed by atoms with Gasteiger partial charge in [-0.1, -0.05) is 103 Å². The minimum absolute atomic E-state index is 0.00275. The largest absolute Gasteiger partial charge is 0.459 e. The third-order valence-corrected chi connectivity index (χ3v) is 15.0. The summed E-state index contributed by atoms with van der Waals surface area (Å²) in [6.07, 6.45) is 9.71. The number of rotatable bonds is 22. The maximum Gasteiger partial charge on any atom is 0.416 e. The number of fused-ring (bicyclic) bond motifs is 3. The summed E-state index contributed by atoms with van der Waals surface area (Å²) in [5, 5.41) is 38.8. The van der Waals surface area contributed by atoms with Crippen LogP contribution in [0.5, 0.6) is 23.0 Å². The zero-order valence-electron chi connectivity index (χ0n) is 40.9. The predicted molar refractivity (Wildman–Crippen MR) is 283 cm³/mol. The fraction of sp³-hybridized carbons (Fsp3) is 0.322. The van der Waals surface area contributed by atoms with Crippen molar-refractivity contribution in [3.63, 3.8) is 0 Å². The van der Waals surface area contributed by atoms with Gasteiger partial charge in [-0.15, -0.1) is 18.3 Å². The van der Waals surface area contributed by atoms with E-state index in [0.717, 1.165) is 63.6 Å². The Balaban J connectivity index is 1.26. The first-order valence-electron chi connectivity index (χ1n) is 25.0. The SMILES string of the molecule is C=CCO[C@@]12Oc3ccc(Oc4ccc(SC)cc4)cc3[C@H]3[C@H](CCCCO)[C@@H](CCCCO)C=C(C(=NOCc4ccccc4)C[C@@H]1N(Cc1cccc4ccccc14)C(=O)Oc1ccc([N+](=O)[O-])cc1)[C@H]32. The van der Waals surface area contributed by atoms with Crippen molar-refractivity contribution in [3.05, 3.63) is 191 Å². The Morgan fingerprint density at radius 1 is 0.877 bits per heavy atom. The summed E-state index contributed by atoms with van der Waals surface area (Å²) in [4.78, 5) is 35.7. The molecule has 1 amide bonds. The zero-order chi connectivity index (χ0) is 50.7. The monoisotopic (exact) mass is 1000 g/mol. The highest BCUT2D eigenvalue weighted by molar-refractivity contribution is 7.98. The van der Waals surface area contributed by atoms with Crippen LogP contribution in [0.15, 0.2) is 174 Å². The molecule has 0 spiro atoms. The van der Waals surface area contributed by atoms with Gasteiger partial charge in [-0.3, -0.25) is 15.0 Å². The number of nitrogens with zero attached hydrogens (tertiary/aromatic N) is 3. The molecule has 0 unspecified atom stereocenters. The van der Waals surface area contributed by atoms with Crippen molar-refractivity contribution in [1.82, 2.24) is 4.90 Å². The highest BCUT2D eigenvalue weighted by atomic mass is 32.2. The second kappa shape index (κ2) is 23.7. The van der Waals surface area contributed by atoms with Crippen LogP contribution in [0.1, 0.15) is 67.6 Å². The Morgan fingerprint density at radius 3 is 2.33 bits per heavy atom. The summed E-state index contributed by atoms with van der Waals surface area (Å²) >= 11 is 1.65. The van der Waals surface area contributed by atoms with E-state index >= 15 is 4.79 Å². The van der Waals surface area contributed by atoms with Gasteiger partial charge in [0.2, 0.25) is 5.79 Å². The minimum Gasteiger partial charge on any atom is -0.459 e. The van der Waals surface area contributed by atoms with E-state index < -0.39 is 28.8 Å². The van der Waals surface area contributed by atoms with Gasteiger partial charge in [0.15, 0.2) is 0 Å². The van der Waals surface area contributed by atoms with E-state index in [9.17, 15) is 20.3 Å². The highest BCUT2D eigenvalue weighted by Crippen LogP contribution is 2.62. The molecular formula is C59H61N3O10S. The normalized spacial score (nSPS) is 21.3. The van der Waals surface area contributed by atoms with Crippen molar-refractivity contribution in [2.45, 2.75) is 80.7 Å². The van der Waals surface area contributed by atoms with Gasteiger partial charge in [-0.2, -0.15) is 0 Å². The molecule has 14 heteroatoms. The predicted octanol–water partition coefficient (Wildman–Crippen LogP) is 12.8. The second-order valence-electron chi connectivity index (χ2n) is 18.7. The quantitative estimate of drug-likeness (QED) is 0.0219. The number of non-ortho nitro benzene ring substituents is 1. The van der Waals surface area contributed by atoms with E-state index in [4.69, 9.17) is 28.9 Å². The summed E-state index contributed by atoms with van der Waals surface area (Å²) in [7, 11) is 0. The van der Waals surface area contributed by atoms with Crippen LogP contribution in [0.25, 0.3) is 10.8 Å². The van der Waals surface area contributed by atoms with E-state index in [-0.39, 0.29) is 68.6 Å². The molecule has 2 aliphatic carbocycles. The maximum absolute atomic E-state index is 15.4. The van der Waals surface area contributed by atoms with Crippen molar-refractivity contribution in [2.24, 2.45) is 22.9 Å². The zero-order valence-corrected chi connectivity index (χ0v) is 41.7. The molecule has 6 aromatic rings. The van der Waals surface area contributed by atoms with Crippen LogP contribution in [-0.4, -0.2) is 69.7 Å². The molecule has 0 saturated heterocycles. The lowest BCUT2D eigenvalue weighted by molar-refractivity contribution is -0.384. The van der Waals surface area contributed by atoms with Gasteiger partial charge in [-0.25, -0.2) is 4.79 Å². The molecule has 13 nitrogen and oxygen atoms in total. The Bertz CT molecular complexity index is 2930. The molecule has 378 valence electrons. The summed E-state index contributed by atoms with van der Waals surface area (Å²) in [6, 6.07) is 42.1. The van der Waals surface area contributed by atoms with Gasteiger partial charge in [0.05, 0.1) is 29.7 Å². The molecule has 9 rings (SSSR count). The summed E-state index contributed by atoms with van der Waals surface area (Å²) in [6.45, 7) is 4.51. The molecule has 0 aromatic heterocycles. The van der Waals surface area contributed by atoms with Crippen molar-refractivity contribution >= 4 is 40.0 Å². The van der Waals surface area contributed by atoms with Crippen LogP contribution in [-0.2, 0) is 22.7 Å². The number of nitro benzene ring substituents is 1. The van der Waals surface area contributed by atoms with E-state index in [2.05, 4.69) is 18.7 Å². The number of oxime groups is 1. The van der Waals surface area contributed by atoms with Gasteiger partial charge < -0.3 is 34.0 Å². The number of carbonyl (C=O) groups excluding carboxylic acids is 1. The first-order valence-corrected chi connectivity index (χ1v) is 26.2. The van der Waals surface area contributed by atoms with Crippen molar-refractivity contribution in [2.75, 3.05) is 26.1 Å². The molecule has 6 aromatic carbocycles. The number of ether oxygens (including phenoxy) is 4. The summed E-state index contributed by atoms with van der Waals surface area (Å²) < 4.78 is 27.6. The first kappa shape index (κ1) is 51.0. The number of carbonyl (C=O) groups is 1. The van der Waals surface area contributed by atoms with Crippen LogP contribution < -0.4 is 14.2 Å². The van der Waals surface area contributed by atoms with E-state index in [1.165, 1.54) is 24.3 Å². The molecule has 1 fully saturated rings. The lowest BCUT2D eigenvalue weighted by Crippen LogP contribution is -2.70. The molecular weight excluding hydrogens is 943 g/mol. The number of unbranched alkanes of at least 4 members (excludes halogenated alkanes) is 2. The number of nitro groups is 1. The third-order valence-electron chi connectivity index (χ3n) is 14.3. The van der Waals surface area contributed by atoms with Gasteiger partial charge in [0.25, 0.3) is 5.69 Å². The molecule has 1 aliphatic heterocycles. The van der Waals surface area contributed by atoms with Crippen molar-refractivity contribution in [1.29, 1.82) is 0 Å². The Labute approximate surface area is 430 Å². The van der Waals surface area contributed by atoms with Crippen LogP contribution >= 0.6 is 11.8 Å². The standard InChI is InChI=1S/C59H61N3O10S/c1-3-34-68-59-55(61(38-43-19-13-18-41-16-7-8-20-49(41)43)58(65)71-46-24-22-44(23-25-46)62(66)67)37-53(60-69-39-40-14-5-4-6-15-40)51-35-42(17-9-11-32-63)50(21-10-12-33-64)56(57(51)59)52-36-47(28-31-54(52)72-59)70-45-26-29-48(73-2)30-27-45/h3-8,13-16,18-20,22-31,35-36,42,50,55-57,63-64H,1,9-12,17,21,32-34,37-39H2,2H3/t42-,50+,55-,56+,57+,59+/m0/s1. The molecule has 73 heavy (non-hydrogen) atoms. The van der Waals surface area contributed by atoms with E-state index in [1.807, 2.05) is 115 Å². The number of benzene rings is 6. The van der Waals surface area contributed by atoms with Crippen LogP contribution in [0.3, 0.4) is 0 Å². The summed E-state index contributed by atoms with van der Waals surface area (Å²) in [5.41, 5.74) is 4.03. The maximum atomic E-state index is 15.4. The average Bonchev–Trinajstić information content (AvgIpc) is 3.41. The Kier molecular flexibility index (Phi) is 16.6. The molecule has 3 aliphatic rings. The van der Waals surface area contributed by atoms with Gasteiger partial charge in [0.1, 0.15) is 35.6 Å². The fourth-order valence-electron chi connectivity index (χ4n) is 11.0. The highest BCUT2D eigenvalue weighted by Gasteiger charge is 2.66. The Morgan fingerprint density at radius 2 is 1.59 bits per heavy atom. The average molecular weight is 1000 g/mol.